The molecule has 0 radical (unpaired) electrons. The van der Waals surface area contributed by atoms with Gasteiger partial charge < -0.3 is 16.4 Å². The normalized spacial score (nSPS) is 15.8. The fourth-order valence-electron chi connectivity index (χ4n) is 2.39. The standard InChI is InChI=1S/C14H19N3O2/c15-14(19)17-12-8-6-11(7-9-12)16-13(18)10-4-2-1-3-5-10/h6-10H,1-5H2,(H,16,18)(H3,15,17,19). The number of carbonyl (C=O) groups excluding carboxylic acids is 2. The van der Waals surface area contributed by atoms with E-state index in [2.05, 4.69) is 10.6 Å². The summed E-state index contributed by atoms with van der Waals surface area (Å²) >= 11 is 0. The first-order valence-corrected chi connectivity index (χ1v) is 6.62. The fourth-order valence-corrected chi connectivity index (χ4v) is 2.39. The van der Waals surface area contributed by atoms with Gasteiger partial charge in [0, 0.05) is 17.3 Å². The molecule has 1 aromatic rings. The highest BCUT2D eigenvalue weighted by Crippen LogP contribution is 2.25. The van der Waals surface area contributed by atoms with Crippen LogP contribution in [0.15, 0.2) is 24.3 Å². The van der Waals surface area contributed by atoms with Crippen molar-refractivity contribution in [1.29, 1.82) is 0 Å². The van der Waals surface area contributed by atoms with Gasteiger partial charge in [-0.1, -0.05) is 19.3 Å². The van der Waals surface area contributed by atoms with E-state index in [1.54, 1.807) is 24.3 Å². The molecular formula is C14H19N3O2. The van der Waals surface area contributed by atoms with E-state index in [-0.39, 0.29) is 11.8 Å². The van der Waals surface area contributed by atoms with E-state index in [0.29, 0.717) is 5.69 Å². The Hall–Kier alpha value is -2.04. The minimum atomic E-state index is -0.598. The fraction of sp³-hybridized carbons (Fsp3) is 0.429. The van der Waals surface area contributed by atoms with Crippen molar-refractivity contribution in [3.8, 4) is 0 Å². The third kappa shape index (κ3) is 3.98. The Morgan fingerprint density at radius 2 is 1.47 bits per heavy atom. The maximum Gasteiger partial charge on any atom is 0.316 e. The number of rotatable bonds is 3. The molecule has 0 aromatic heterocycles. The lowest BCUT2D eigenvalue weighted by atomic mass is 9.88. The molecule has 1 aliphatic rings. The van der Waals surface area contributed by atoms with Gasteiger partial charge in [0.25, 0.3) is 0 Å². The Kier molecular flexibility index (Phi) is 4.39. The number of amides is 3. The molecule has 2 rings (SSSR count). The van der Waals surface area contributed by atoms with Gasteiger partial charge in [-0.25, -0.2) is 4.79 Å². The Morgan fingerprint density at radius 3 is 2.00 bits per heavy atom. The highest BCUT2D eigenvalue weighted by atomic mass is 16.2. The molecule has 0 heterocycles. The number of urea groups is 1. The second-order valence-corrected chi connectivity index (χ2v) is 4.89. The minimum Gasteiger partial charge on any atom is -0.351 e. The van der Waals surface area contributed by atoms with Crippen molar-refractivity contribution in [3.63, 3.8) is 0 Å². The van der Waals surface area contributed by atoms with Gasteiger partial charge in [0.1, 0.15) is 0 Å². The van der Waals surface area contributed by atoms with Crippen LogP contribution in [0, 0.1) is 5.92 Å². The summed E-state index contributed by atoms with van der Waals surface area (Å²) in [6.45, 7) is 0. The summed E-state index contributed by atoms with van der Waals surface area (Å²) in [4.78, 5) is 22.7. The van der Waals surface area contributed by atoms with E-state index in [9.17, 15) is 9.59 Å². The summed E-state index contributed by atoms with van der Waals surface area (Å²) in [7, 11) is 0. The third-order valence-corrected chi connectivity index (χ3v) is 3.40. The topological polar surface area (TPSA) is 84.2 Å². The van der Waals surface area contributed by atoms with Gasteiger partial charge in [-0.15, -0.1) is 0 Å². The molecule has 0 aliphatic heterocycles. The molecule has 0 unspecified atom stereocenters. The SMILES string of the molecule is NC(=O)Nc1ccc(NC(=O)C2CCCCC2)cc1. The van der Waals surface area contributed by atoms with Crippen molar-refractivity contribution in [2.24, 2.45) is 11.7 Å². The Balaban J connectivity index is 1.91. The first-order chi connectivity index (χ1) is 9.15. The van der Waals surface area contributed by atoms with Crippen LogP contribution >= 0.6 is 0 Å². The second kappa shape index (κ2) is 6.22. The molecule has 0 spiro atoms. The van der Waals surface area contributed by atoms with Gasteiger partial charge in [-0.05, 0) is 37.1 Å². The van der Waals surface area contributed by atoms with E-state index in [0.717, 1.165) is 31.4 Å². The number of nitrogens with two attached hydrogens (primary N) is 1. The number of hydrogen-bond donors (Lipinski definition) is 3. The number of primary amides is 1. The molecule has 0 bridgehead atoms. The summed E-state index contributed by atoms with van der Waals surface area (Å²) in [6.07, 6.45) is 5.47. The number of anilines is 2. The lowest BCUT2D eigenvalue weighted by Gasteiger charge is -2.20. The van der Waals surface area contributed by atoms with Gasteiger partial charge >= 0.3 is 6.03 Å². The van der Waals surface area contributed by atoms with Crippen molar-refractivity contribution in [2.45, 2.75) is 32.1 Å². The number of hydrogen-bond acceptors (Lipinski definition) is 2. The predicted molar refractivity (Wildman–Crippen MR) is 74.9 cm³/mol. The maximum absolute atomic E-state index is 12.0. The van der Waals surface area contributed by atoms with Crippen LogP contribution in [0.3, 0.4) is 0 Å². The van der Waals surface area contributed by atoms with E-state index in [4.69, 9.17) is 5.73 Å². The number of nitrogens with one attached hydrogen (secondary N) is 2. The molecular weight excluding hydrogens is 242 g/mol. The van der Waals surface area contributed by atoms with Crippen molar-refractivity contribution >= 4 is 23.3 Å². The summed E-state index contributed by atoms with van der Waals surface area (Å²) in [5.41, 5.74) is 6.38. The molecule has 3 amide bonds. The molecule has 4 N–H and O–H groups in total. The quantitative estimate of drug-likeness (QED) is 0.781. The first-order valence-electron chi connectivity index (χ1n) is 6.62. The molecule has 102 valence electrons. The van der Waals surface area contributed by atoms with Crippen LogP contribution in [0.4, 0.5) is 16.2 Å². The van der Waals surface area contributed by atoms with Gasteiger partial charge in [0.15, 0.2) is 0 Å². The van der Waals surface area contributed by atoms with Gasteiger partial charge in [-0.2, -0.15) is 0 Å². The zero-order chi connectivity index (χ0) is 13.7. The monoisotopic (exact) mass is 261 g/mol. The van der Waals surface area contributed by atoms with Crippen LogP contribution in [0.1, 0.15) is 32.1 Å². The summed E-state index contributed by atoms with van der Waals surface area (Å²) < 4.78 is 0. The van der Waals surface area contributed by atoms with Gasteiger partial charge in [-0.3, -0.25) is 4.79 Å². The van der Waals surface area contributed by atoms with Crippen molar-refractivity contribution in [3.05, 3.63) is 24.3 Å². The highest BCUT2D eigenvalue weighted by Gasteiger charge is 2.20. The van der Waals surface area contributed by atoms with Gasteiger partial charge in [0.05, 0.1) is 0 Å². The number of carbonyl (C=O) groups is 2. The molecule has 5 nitrogen and oxygen atoms in total. The first kappa shape index (κ1) is 13.4. The van der Waals surface area contributed by atoms with Crippen molar-refractivity contribution < 1.29 is 9.59 Å². The zero-order valence-electron chi connectivity index (χ0n) is 10.8. The minimum absolute atomic E-state index is 0.0929. The Bertz CT molecular complexity index is 450. The molecule has 19 heavy (non-hydrogen) atoms. The van der Waals surface area contributed by atoms with Crippen LogP contribution in [0.25, 0.3) is 0 Å². The third-order valence-electron chi connectivity index (χ3n) is 3.40. The van der Waals surface area contributed by atoms with E-state index >= 15 is 0 Å². The van der Waals surface area contributed by atoms with Crippen LogP contribution in [-0.4, -0.2) is 11.9 Å². The summed E-state index contributed by atoms with van der Waals surface area (Å²) in [6, 6.07) is 6.33. The van der Waals surface area contributed by atoms with Crippen LogP contribution < -0.4 is 16.4 Å². The smallest absolute Gasteiger partial charge is 0.316 e. The van der Waals surface area contributed by atoms with Crippen molar-refractivity contribution in [2.75, 3.05) is 10.6 Å². The largest absolute Gasteiger partial charge is 0.351 e. The van der Waals surface area contributed by atoms with Crippen LogP contribution in [0.5, 0.6) is 0 Å². The predicted octanol–water partition coefficient (Wildman–Crippen LogP) is 2.70. The lowest BCUT2D eigenvalue weighted by molar-refractivity contribution is -0.120. The Morgan fingerprint density at radius 1 is 0.947 bits per heavy atom. The maximum atomic E-state index is 12.0. The van der Waals surface area contributed by atoms with Crippen LogP contribution in [-0.2, 0) is 4.79 Å². The highest BCUT2D eigenvalue weighted by molar-refractivity contribution is 5.93. The Labute approximate surface area is 112 Å². The molecule has 1 fully saturated rings. The molecule has 1 saturated carbocycles. The second-order valence-electron chi connectivity index (χ2n) is 4.89. The summed E-state index contributed by atoms with van der Waals surface area (Å²) in [5, 5.41) is 5.38. The average molecular weight is 261 g/mol. The van der Waals surface area contributed by atoms with Crippen molar-refractivity contribution in [1.82, 2.24) is 0 Å². The summed E-state index contributed by atoms with van der Waals surface area (Å²) in [5.74, 6) is 0.229. The number of benzene rings is 1. The molecule has 0 saturated heterocycles. The van der Waals surface area contributed by atoms with E-state index in [1.807, 2.05) is 0 Å². The van der Waals surface area contributed by atoms with Gasteiger partial charge in [0.2, 0.25) is 5.91 Å². The van der Waals surface area contributed by atoms with Crippen LogP contribution in [0.2, 0.25) is 0 Å². The molecule has 5 heteroatoms. The van der Waals surface area contributed by atoms with E-state index in [1.165, 1.54) is 6.42 Å². The van der Waals surface area contributed by atoms with E-state index < -0.39 is 6.03 Å². The lowest BCUT2D eigenvalue weighted by Crippen LogP contribution is -2.24. The molecule has 0 atom stereocenters. The molecule has 1 aliphatic carbocycles. The molecule has 1 aromatic carbocycles. The average Bonchev–Trinajstić information content (AvgIpc) is 2.41. The zero-order valence-corrected chi connectivity index (χ0v) is 10.8.